The summed E-state index contributed by atoms with van der Waals surface area (Å²) in [5.41, 5.74) is 1.21. The van der Waals surface area contributed by atoms with Crippen LogP contribution in [-0.4, -0.2) is 31.1 Å². The molecular formula is C25H35NO2. The Morgan fingerprint density at radius 1 is 0.857 bits per heavy atom. The van der Waals surface area contributed by atoms with Crippen LogP contribution in [0, 0.1) is 5.92 Å². The maximum absolute atomic E-state index is 6.27. The molecular weight excluding hydrogens is 346 g/mol. The molecule has 0 amide bonds. The molecule has 152 valence electrons. The molecule has 0 aliphatic carbocycles. The van der Waals surface area contributed by atoms with Crippen LogP contribution < -0.4 is 9.47 Å². The molecule has 3 rings (SSSR count). The maximum Gasteiger partial charge on any atom is 0.124 e. The van der Waals surface area contributed by atoms with E-state index < -0.39 is 0 Å². The standard InChI is InChI=1S/C25H35NO2/c1-21(2)20-25(28-24-10-5-3-6-11-24)22-12-14-23(15-13-22)27-19-9-18-26-16-7-4-8-17-26/h3,5-6,10-15,21,25H,4,7-9,16-20H2,1-2H3. The van der Waals surface area contributed by atoms with Crippen molar-refractivity contribution in [1.82, 2.24) is 4.90 Å². The van der Waals surface area contributed by atoms with Gasteiger partial charge in [-0.3, -0.25) is 0 Å². The highest BCUT2D eigenvalue weighted by Gasteiger charge is 2.16. The largest absolute Gasteiger partial charge is 0.494 e. The van der Waals surface area contributed by atoms with E-state index in [-0.39, 0.29) is 6.10 Å². The molecule has 1 unspecified atom stereocenters. The van der Waals surface area contributed by atoms with Gasteiger partial charge in [-0.15, -0.1) is 0 Å². The van der Waals surface area contributed by atoms with Crippen molar-refractivity contribution in [1.29, 1.82) is 0 Å². The van der Waals surface area contributed by atoms with Crippen molar-refractivity contribution < 1.29 is 9.47 Å². The van der Waals surface area contributed by atoms with Crippen LogP contribution in [0.3, 0.4) is 0 Å². The van der Waals surface area contributed by atoms with Gasteiger partial charge in [-0.25, -0.2) is 0 Å². The van der Waals surface area contributed by atoms with Gasteiger partial charge in [0.25, 0.3) is 0 Å². The van der Waals surface area contributed by atoms with Gasteiger partial charge in [0.2, 0.25) is 0 Å². The van der Waals surface area contributed by atoms with E-state index in [1.54, 1.807) is 0 Å². The summed E-state index contributed by atoms with van der Waals surface area (Å²) in [6, 6.07) is 18.6. The topological polar surface area (TPSA) is 21.7 Å². The molecule has 1 saturated heterocycles. The summed E-state index contributed by atoms with van der Waals surface area (Å²) in [4.78, 5) is 2.56. The Hall–Kier alpha value is -2.00. The van der Waals surface area contributed by atoms with Crippen LogP contribution in [0.4, 0.5) is 0 Å². The lowest BCUT2D eigenvalue weighted by atomic mass is 9.99. The van der Waals surface area contributed by atoms with Crippen LogP contribution in [0.5, 0.6) is 11.5 Å². The minimum atomic E-state index is 0.0653. The van der Waals surface area contributed by atoms with Gasteiger partial charge in [0.05, 0.1) is 6.61 Å². The summed E-state index contributed by atoms with van der Waals surface area (Å²) >= 11 is 0. The highest BCUT2D eigenvalue weighted by atomic mass is 16.5. The molecule has 0 spiro atoms. The normalized spacial score (nSPS) is 16.1. The monoisotopic (exact) mass is 381 g/mol. The summed E-state index contributed by atoms with van der Waals surface area (Å²) in [5.74, 6) is 2.44. The zero-order valence-corrected chi connectivity index (χ0v) is 17.5. The van der Waals surface area contributed by atoms with Crippen molar-refractivity contribution in [2.24, 2.45) is 5.92 Å². The summed E-state index contributed by atoms with van der Waals surface area (Å²) in [6.07, 6.45) is 6.25. The number of hydrogen-bond donors (Lipinski definition) is 0. The van der Waals surface area contributed by atoms with Crippen LogP contribution in [0.2, 0.25) is 0 Å². The number of nitrogens with zero attached hydrogens (tertiary/aromatic N) is 1. The molecule has 0 saturated carbocycles. The van der Waals surface area contributed by atoms with Crippen molar-refractivity contribution in [3.8, 4) is 11.5 Å². The molecule has 0 N–H and O–H groups in total. The van der Waals surface area contributed by atoms with Gasteiger partial charge in [0, 0.05) is 6.54 Å². The minimum Gasteiger partial charge on any atom is -0.494 e. The Bertz CT molecular complexity index is 663. The molecule has 0 bridgehead atoms. The summed E-state index contributed by atoms with van der Waals surface area (Å²) in [6.45, 7) is 8.92. The van der Waals surface area contributed by atoms with E-state index in [2.05, 4.69) is 43.0 Å². The van der Waals surface area contributed by atoms with Gasteiger partial charge >= 0.3 is 0 Å². The second kappa shape index (κ2) is 11.1. The number of hydrogen-bond acceptors (Lipinski definition) is 3. The lowest BCUT2D eigenvalue weighted by molar-refractivity contribution is 0.177. The molecule has 1 aliphatic rings. The summed E-state index contributed by atoms with van der Waals surface area (Å²) in [5, 5.41) is 0. The van der Waals surface area contributed by atoms with Crippen molar-refractivity contribution >= 4 is 0 Å². The third kappa shape index (κ3) is 6.87. The average Bonchev–Trinajstić information content (AvgIpc) is 2.72. The van der Waals surface area contributed by atoms with E-state index in [1.165, 1.54) is 37.9 Å². The number of para-hydroxylation sites is 1. The number of likely N-dealkylation sites (tertiary alicyclic amines) is 1. The van der Waals surface area contributed by atoms with Crippen LogP contribution in [-0.2, 0) is 0 Å². The minimum absolute atomic E-state index is 0.0653. The number of rotatable bonds is 10. The van der Waals surface area contributed by atoms with Gasteiger partial charge in [-0.1, -0.05) is 50.6 Å². The first kappa shape index (κ1) is 20.7. The fourth-order valence-corrected chi connectivity index (χ4v) is 3.78. The predicted octanol–water partition coefficient (Wildman–Crippen LogP) is 6.11. The third-order valence-corrected chi connectivity index (χ3v) is 5.30. The van der Waals surface area contributed by atoms with E-state index in [1.807, 2.05) is 30.3 Å². The first-order valence-electron chi connectivity index (χ1n) is 10.9. The van der Waals surface area contributed by atoms with Crippen molar-refractivity contribution in [3.05, 3.63) is 60.2 Å². The Labute approximate surface area is 170 Å². The van der Waals surface area contributed by atoms with Gasteiger partial charge in [0.1, 0.15) is 17.6 Å². The fraction of sp³-hybridized carbons (Fsp3) is 0.520. The summed E-state index contributed by atoms with van der Waals surface area (Å²) in [7, 11) is 0. The highest BCUT2D eigenvalue weighted by molar-refractivity contribution is 5.30. The number of piperidine rings is 1. The molecule has 3 heteroatoms. The average molecular weight is 382 g/mol. The molecule has 2 aromatic carbocycles. The van der Waals surface area contributed by atoms with Crippen LogP contribution in [0.25, 0.3) is 0 Å². The van der Waals surface area contributed by atoms with Gasteiger partial charge in [-0.2, -0.15) is 0 Å². The molecule has 0 radical (unpaired) electrons. The van der Waals surface area contributed by atoms with Crippen molar-refractivity contribution in [2.45, 2.75) is 52.1 Å². The first-order valence-corrected chi connectivity index (χ1v) is 10.9. The van der Waals surface area contributed by atoms with Gasteiger partial charge < -0.3 is 14.4 Å². The van der Waals surface area contributed by atoms with Crippen LogP contribution >= 0.6 is 0 Å². The van der Waals surface area contributed by atoms with Crippen molar-refractivity contribution in [2.75, 3.05) is 26.2 Å². The SMILES string of the molecule is CC(C)CC(Oc1ccccc1)c1ccc(OCCCN2CCCCC2)cc1. The van der Waals surface area contributed by atoms with Gasteiger partial charge in [0.15, 0.2) is 0 Å². The second-order valence-electron chi connectivity index (χ2n) is 8.22. The Morgan fingerprint density at radius 3 is 2.25 bits per heavy atom. The van der Waals surface area contributed by atoms with E-state index in [4.69, 9.17) is 9.47 Å². The number of ether oxygens (including phenoxy) is 2. The fourth-order valence-electron chi connectivity index (χ4n) is 3.78. The molecule has 0 aromatic heterocycles. The van der Waals surface area contributed by atoms with E-state index >= 15 is 0 Å². The molecule has 28 heavy (non-hydrogen) atoms. The highest BCUT2D eigenvalue weighted by Crippen LogP contribution is 2.29. The zero-order chi connectivity index (χ0) is 19.6. The quantitative estimate of drug-likeness (QED) is 0.464. The van der Waals surface area contributed by atoms with Crippen molar-refractivity contribution in [3.63, 3.8) is 0 Å². The van der Waals surface area contributed by atoms with E-state index in [9.17, 15) is 0 Å². The second-order valence-corrected chi connectivity index (χ2v) is 8.22. The summed E-state index contributed by atoms with van der Waals surface area (Å²) < 4.78 is 12.2. The lowest BCUT2D eigenvalue weighted by Crippen LogP contribution is -2.31. The molecule has 3 nitrogen and oxygen atoms in total. The third-order valence-electron chi connectivity index (χ3n) is 5.30. The Morgan fingerprint density at radius 2 is 1.57 bits per heavy atom. The van der Waals surface area contributed by atoms with E-state index in [0.29, 0.717) is 5.92 Å². The maximum atomic E-state index is 6.27. The van der Waals surface area contributed by atoms with Crippen LogP contribution in [0.1, 0.15) is 57.6 Å². The Kier molecular flexibility index (Phi) is 8.23. The van der Waals surface area contributed by atoms with Gasteiger partial charge in [-0.05, 0) is 74.5 Å². The van der Waals surface area contributed by atoms with Crippen LogP contribution in [0.15, 0.2) is 54.6 Å². The molecule has 1 aliphatic heterocycles. The molecule has 1 atom stereocenters. The predicted molar refractivity (Wildman–Crippen MR) is 116 cm³/mol. The Balaban J connectivity index is 1.50. The zero-order valence-electron chi connectivity index (χ0n) is 17.5. The molecule has 2 aromatic rings. The van der Waals surface area contributed by atoms with E-state index in [0.717, 1.165) is 37.5 Å². The lowest BCUT2D eigenvalue weighted by Gasteiger charge is -2.26. The smallest absolute Gasteiger partial charge is 0.124 e. The molecule has 1 fully saturated rings. The first-order chi connectivity index (χ1) is 13.7. The molecule has 1 heterocycles. The number of benzene rings is 2.